The van der Waals surface area contributed by atoms with Gasteiger partial charge >= 0.3 is 19.5 Å². The molecular formula is C13H17O8P. The molecule has 0 aromatic heterocycles. The number of ether oxygens (including phenoxy) is 2. The topological polar surface area (TPSA) is 119 Å². The van der Waals surface area contributed by atoms with Gasteiger partial charge in [-0.2, -0.15) is 0 Å². The van der Waals surface area contributed by atoms with Gasteiger partial charge in [0.1, 0.15) is 13.2 Å². The third kappa shape index (κ3) is 6.82. The zero-order chi connectivity index (χ0) is 16.6. The van der Waals surface area contributed by atoms with Gasteiger partial charge in [0.15, 0.2) is 0 Å². The van der Waals surface area contributed by atoms with Crippen LogP contribution in [0.3, 0.4) is 0 Å². The molecule has 0 saturated carbocycles. The quantitative estimate of drug-likeness (QED) is 0.408. The molecule has 2 N–H and O–H groups in total. The number of esters is 2. The van der Waals surface area contributed by atoms with Crippen molar-refractivity contribution in [2.24, 2.45) is 0 Å². The highest BCUT2D eigenvalue weighted by Gasteiger charge is 2.12. The molecule has 9 heteroatoms. The second kappa shape index (κ2) is 8.65. The Morgan fingerprint density at radius 2 is 1.45 bits per heavy atom. The molecule has 0 radical (unpaired) electrons. The van der Waals surface area contributed by atoms with Gasteiger partial charge in [0, 0.05) is 6.66 Å². The molecule has 122 valence electrons. The summed E-state index contributed by atoms with van der Waals surface area (Å²) in [5.41, 5.74) is 0.447. The van der Waals surface area contributed by atoms with Crippen LogP contribution in [0.5, 0.6) is 0 Å². The van der Waals surface area contributed by atoms with Gasteiger partial charge in [-0.15, -0.1) is 0 Å². The summed E-state index contributed by atoms with van der Waals surface area (Å²) in [5.74, 6) is -1.26. The highest BCUT2D eigenvalue weighted by Crippen LogP contribution is 2.35. The molecule has 0 aliphatic carbocycles. The van der Waals surface area contributed by atoms with E-state index in [2.05, 4.69) is 4.52 Å². The standard InChI is InChI=1S/C13H17O8P/c1-22(17,18)21-9-8-20-13(16)11-4-2-10(3-5-11)12(15)19-7-6-14/h2-5,14H,6-9H2,1H3,(H,17,18). The highest BCUT2D eigenvalue weighted by atomic mass is 31.2. The van der Waals surface area contributed by atoms with Crippen LogP contribution in [-0.4, -0.2) is 55.0 Å². The second-order valence-electron chi connectivity index (χ2n) is 4.21. The fraction of sp³-hybridized carbons (Fsp3) is 0.385. The Balaban J connectivity index is 2.47. The van der Waals surface area contributed by atoms with E-state index < -0.39 is 19.5 Å². The number of benzene rings is 1. The molecular weight excluding hydrogens is 315 g/mol. The van der Waals surface area contributed by atoms with Gasteiger partial charge in [0.05, 0.1) is 24.3 Å². The maximum Gasteiger partial charge on any atom is 0.338 e. The number of rotatable bonds is 8. The molecule has 1 aromatic carbocycles. The fourth-order valence-electron chi connectivity index (χ4n) is 1.39. The monoisotopic (exact) mass is 332 g/mol. The van der Waals surface area contributed by atoms with Crippen molar-refractivity contribution in [2.75, 3.05) is 33.1 Å². The van der Waals surface area contributed by atoms with E-state index in [9.17, 15) is 14.2 Å². The average Bonchev–Trinajstić information content (AvgIpc) is 2.48. The number of carbonyl (C=O) groups excluding carboxylic acids is 2. The maximum atomic E-state index is 11.7. The van der Waals surface area contributed by atoms with Crippen molar-refractivity contribution >= 4 is 19.5 Å². The van der Waals surface area contributed by atoms with E-state index in [-0.39, 0.29) is 37.6 Å². The van der Waals surface area contributed by atoms with Crippen molar-refractivity contribution < 1.29 is 38.2 Å². The van der Waals surface area contributed by atoms with E-state index in [1.54, 1.807) is 0 Å². The Hall–Kier alpha value is -1.73. The molecule has 1 rings (SSSR count). The summed E-state index contributed by atoms with van der Waals surface area (Å²) in [6, 6.07) is 5.55. The lowest BCUT2D eigenvalue weighted by Gasteiger charge is -2.08. The molecule has 0 bridgehead atoms. The van der Waals surface area contributed by atoms with Gasteiger partial charge in [-0.3, -0.25) is 4.57 Å². The van der Waals surface area contributed by atoms with E-state index in [0.29, 0.717) is 0 Å². The zero-order valence-electron chi connectivity index (χ0n) is 11.9. The largest absolute Gasteiger partial charge is 0.460 e. The molecule has 0 amide bonds. The van der Waals surface area contributed by atoms with Crippen LogP contribution in [-0.2, 0) is 18.6 Å². The molecule has 22 heavy (non-hydrogen) atoms. The SMILES string of the molecule is CP(=O)(O)OCCOC(=O)c1ccc(C(=O)OCCO)cc1. The van der Waals surface area contributed by atoms with E-state index in [4.69, 9.17) is 19.5 Å². The van der Waals surface area contributed by atoms with E-state index in [1.807, 2.05) is 0 Å². The van der Waals surface area contributed by atoms with Crippen molar-refractivity contribution in [3.05, 3.63) is 35.4 Å². The van der Waals surface area contributed by atoms with Gasteiger partial charge in [-0.1, -0.05) is 0 Å². The van der Waals surface area contributed by atoms with Gasteiger partial charge in [-0.25, -0.2) is 9.59 Å². The highest BCUT2D eigenvalue weighted by molar-refractivity contribution is 7.51. The third-order valence-electron chi connectivity index (χ3n) is 2.33. The molecule has 0 fully saturated rings. The van der Waals surface area contributed by atoms with Crippen LogP contribution in [0.2, 0.25) is 0 Å². The lowest BCUT2D eigenvalue weighted by Crippen LogP contribution is -2.11. The van der Waals surface area contributed by atoms with Gasteiger partial charge < -0.3 is 24.0 Å². The Morgan fingerprint density at radius 3 is 1.86 bits per heavy atom. The normalized spacial score (nSPS) is 13.2. The molecule has 1 atom stereocenters. The van der Waals surface area contributed by atoms with Crippen molar-refractivity contribution in [2.45, 2.75) is 0 Å². The van der Waals surface area contributed by atoms with Crippen LogP contribution < -0.4 is 0 Å². The maximum absolute atomic E-state index is 11.7. The minimum Gasteiger partial charge on any atom is -0.460 e. The van der Waals surface area contributed by atoms with E-state index >= 15 is 0 Å². The number of carbonyl (C=O) groups is 2. The van der Waals surface area contributed by atoms with Crippen molar-refractivity contribution in [3.8, 4) is 0 Å². The van der Waals surface area contributed by atoms with Crippen molar-refractivity contribution in [3.63, 3.8) is 0 Å². The van der Waals surface area contributed by atoms with Crippen LogP contribution in [0.4, 0.5) is 0 Å². The lowest BCUT2D eigenvalue weighted by molar-refractivity contribution is 0.0426. The zero-order valence-corrected chi connectivity index (χ0v) is 12.8. The Bertz CT molecular complexity index is 548. The molecule has 0 aliphatic heterocycles. The number of hydrogen-bond acceptors (Lipinski definition) is 7. The number of hydrogen-bond donors (Lipinski definition) is 2. The molecule has 0 aliphatic rings. The predicted octanol–water partition coefficient (Wildman–Crippen LogP) is 0.824. The molecule has 0 saturated heterocycles. The predicted molar refractivity (Wildman–Crippen MR) is 75.8 cm³/mol. The molecule has 8 nitrogen and oxygen atoms in total. The van der Waals surface area contributed by atoms with Crippen molar-refractivity contribution in [1.82, 2.24) is 0 Å². The first kappa shape index (κ1) is 18.3. The first-order chi connectivity index (χ1) is 10.3. The summed E-state index contributed by atoms with van der Waals surface area (Å²) < 4.78 is 25.0. The number of aliphatic hydroxyl groups excluding tert-OH is 1. The summed E-state index contributed by atoms with van der Waals surface area (Å²) in [7, 11) is -3.59. The van der Waals surface area contributed by atoms with Gasteiger partial charge in [0.25, 0.3) is 0 Å². The summed E-state index contributed by atoms with van der Waals surface area (Å²) >= 11 is 0. The van der Waals surface area contributed by atoms with Crippen LogP contribution in [0.15, 0.2) is 24.3 Å². The molecule has 1 aromatic rings. The summed E-state index contributed by atoms with van der Waals surface area (Å²) in [4.78, 5) is 32.0. The van der Waals surface area contributed by atoms with Crippen LogP contribution in [0, 0.1) is 0 Å². The average molecular weight is 332 g/mol. The molecule has 0 heterocycles. The Kier molecular flexibility index (Phi) is 7.20. The smallest absolute Gasteiger partial charge is 0.338 e. The van der Waals surface area contributed by atoms with Crippen LogP contribution in [0.1, 0.15) is 20.7 Å². The lowest BCUT2D eigenvalue weighted by atomic mass is 10.1. The minimum atomic E-state index is -3.59. The first-order valence-electron chi connectivity index (χ1n) is 6.33. The minimum absolute atomic E-state index is 0.102. The second-order valence-corrected chi connectivity index (χ2v) is 6.07. The molecule has 1 unspecified atom stereocenters. The summed E-state index contributed by atoms with van der Waals surface area (Å²) in [6.07, 6.45) is 0. The van der Waals surface area contributed by atoms with E-state index in [0.717, 1.165) is 6.66 Å². The molecule has 0 spiro atoms. The fourth-order valence-corrected chi connectivity index (χ4v) is 1.80. The van der Waals surface area contributed by atoms with Gasteiger partial charge in [-0.05, 0) is 24.3 Å². The first-order valence-corrected chi connectivity index (χ1v) is 8.36. The van der Waals surface area contributed by atoms with Crippen LogP contribution in [0.25, 0.3) is 0 Å². The summed E-state index contributed by atoms with van der Waals surface area (Å²) in [6.45, 7) is 0.300. The van der Waals surface area contributed by atoms with Crippen molar-refractivity contribution in [1.29, 1.82) is 0 Å². The van der Waals surface area contributed by atoms with Crippen LogP contribution >= 0.6 is 7.60 Å². The van der Waals surface area contributed by atoms with Gasteiger partial charge in [0.2, 0.25) is 0 Å². The Labute approximate surface area is 127 Å². The number of aliphatic hydroxyl groups is 1. The van der Waals surface area contributed by atoms with E-state index in [1.165, 1.54) is 24.3 Å². The summed E-state index contributed by atoms with van der Waals surface area (Å²) in [5, 5.41) is 8.55. The Morgan fingerprint density at radius 1 is 1.00 bits per heavy atom. The third-order valence-corrected chi connectivity index (χ3v) is 2.99.